The molecule has 2 heterocycles. The Morgan fingerprint density at radius 2 is 1.22 bits per heavy atom. The van der Waals surface area contributed by atoms with Crippen LogP contribution in [0.4, 0.5) is 22.7 Å². The number of aryl methyl sites for hydroxylation is 1. The second-order valence-electron chi connectivity index (χ2n) is 8.25. The smallest absolute Gasteiger partial charge is 0.268 e. The number of anilines is 1. The third kappa shape index (κ3) is 3.46. The Labute approximate surface area is 205 Å². The summed E-state index contributed by atoms with van der Waals surface area (Å²) >= 11 is 0. The number of non-ortho nitro benzene ring substituents is 3. The van der Waals surface area contributed by atoms with Crippen molar-refractivity contribution in [2.75, 3.05) is 4.90 Å². The molecule has 0 bridgehead atoms. The van der Waals surface area contributed by atoms with Gasteiger partial charge in [0, 0.05) is 41.8 Å². The van der Waals surface area contributed by atoms with E-state index < -0.39 is 38.0 Å². The molecule has 2 amide bonds. The number of nitro benzene ring substituents is 3. The largest absolute Gasteiger partial charge is 0.270 e. The molecule has 14 nitrogen and oxygen atoms in total. The van der Waals surface area contributed by atoms with E-state index in [9.17, 15) is 39.9 Å². The molecule has 0 saturated heterocycles. The van der Waals surface area contributed by atoms with Crippen molar-refractivity contribution in [2.24, 2.45) is 0 Å². The van der Waals surface area contributed by atoms with Crippen LogP contribution in [0.3, 0.4) is 0 Å². The standard InChI is InChI=1S/C23H14N6O8/c1-11-21(12(2)26(24-11)14-3-5-15(6-4-14)27(32)33)25-22(30)18-9-16(28(34)35)7-13-8-17(29(36)37)10-19(20(13)18)23(25)31/h3-10H,1-2H3. The Morgan fingerprint density at radius 1 is 0.730 bits per heavy atom. The highest BCUT2D eigenvalue weighted by atomic mass is 16.6. The van der Waals surface area contributed by atoms with Gasteiger partial charge in [0.1, 0.15) is 0 Å². The first-order valence-corrected chi connectivity index (χ1v) is 10.6. The molecular formula is C23H14N6O8. The van der Waals surface area contributed by atoms with E-state index in [1.165, 1.54) is 35.9 Å². The zero-order chi connectivity index (χ0) is 26.8. The molecule has 0 N–H and O–H groups in total. The molecule has 184 valence electrons. The zero-order valence-corrected chi connectivity index (χ0v) is 19.1. The average Bonchev–Trinajstić information content (AvgIpc) is 3.15. The van der Waals surface area contributed by atoms with Gasteiger partial charge in [0.2, 0.25) is 0 Å². The Morgan fingerprint density at radius 3 is 1.68 bits per heavy atom. The summed E-state index contributed by atoms with van der Waals surface area (Å²) in [5, 5.41) is 38.5. The summed E-state index contributed by atoms with van der Waals surface area (Å²) in [5.41, 5.74) is -0.311. The van der Waals surface area contributed by atoms with Crippen molar-refractivity contribution in [3.63, 3.8) is 0 Å². The number of amides is 2. The molecule has 1 aromatic heterocycles. The van der Waals surface area contributed by atoms with E-state index in [1.54, 1.807) is 6.92 Å². The van der Waals surface area contributed by atoms with Crippen LogP contribution in [-0.2, 0) is 0 Å². The van der Waals surface area contributed by atoms with E-state index in [-0.39, 0.29) is 39.0 Å². The highest BCUT2D eigenvalue weighted by Crippen LogP contribution is 2.39. The lowest BCUT2D eigenvalue weighted by Gasteiger charge is -2.27. The molecule has 5 rings (SSSR count). The molecule has 0 unspecified atom stereocenters. The molecule has 0 atom stereocenters. The van der Waals surface area contributed by atoms with Crippen LogP contribution in [0.25, 0.3) is 16.5 Å². The lowest BCUT2D eigenvalue weighted by Crippen LogP contribution is -2.41. The van der Waals surface area contributed by atoms with E-state index in [1.807, 2.05) is 0 Å². The Balaban J connectivity index is 1.72. The molecule has 0 spiro atoms. The average molecular weight is 502 g/mol. The predicted molar refractivity (Wildman–Crippen MR) is 128 cm³/mol. The summed E-state index contributed by atoms with van der Waals surface area (Å²) in [4.78, 5) is 60.0. The molecule has 37 heavy (non-hydrogen) atoms. The highest BCUT2D eigenvalue weighted by molar-refractivity contribution is 6.36. The van der Waals surface area contributed by atoms with Gasteiger partial charge >= 0.3 is 0 Å². The fourth-order valence-corrected chi connectivity index (χ4v) is 4.49. The number of nitro groups is 3. The van der Waals surface area contributed by atoms with Crippen LogP contribution in [-0.4, -0.2) is 36.4 Å². The van der Waals surface area contributed by atoms with Crippen molar-refractivity contribution in [2.45, 2.75) is 13.8 Å². The number of carbonyl (C=O) groups is 2. The molecule has 14 heteroatoms. The third-order valence-electron chi connectivity index (χ3n) is 6.09. The van der Waals surface area contributed by atoms with Crippen LogP contribution in [0.15, 0.2) is 48.5 Å². The zero-order valence-electron chi connectivity index (χ0n) is 19.1. The quantitative estimate of drug-likeness (QED) is 0.219. The van der Waals surface area contributed by atoms with Crippen LogP contribution in [0.2, 0.25) is 0 Å². The molecule has 0 saturated carbocycles. The second kappa shape index (κ2) is 8.01. The maximum absolute atomic E-state index is 13.6. The van der Waals surface area contributed by atoms with Crippen molar-refractivity contribution in [3.8, 4) is 5.69 Å². The lowest BCUT2D eigenvalue weighted by atomic mass is 9.92. The highest BCUT2D eigenvalue weighted by Gasteiger charge is 2.39. The Kier molecular flexibility index (Phi) is 5.03. The summed E-state index contributed by atoms with van der Waals surface area (Å²) in [7, 11) is 0. The third-order valence-corrected chi connectivity index (χ3v) is 6.09. The van der Waals surface area contributed by atoms with Gasteiger partial charge in [-0.1, -0.05) is 0 Å². The van der Waals surface area contributed by atoms with Gasteiger partial charge in [-0.25, -0.2) is 9.58 Å². The summed E-state index contributed by atoms with van der Waals surface area (Å²) in [6.07, 6.45) is 0. The molecule has 0 aliphatic carbocycles. The number of hydrogen-bond donors (Lipinski definition) is 0. The van der Waals surface area contributed by atoms with Crippen molar-refractivity contribution in [1.29, 1.82) is 0 Å². The first kappa shape index (κ1) is 23.2. The normalized spacial score (nSPS) is 12.8. The molecule has 1 aliphatic heterocycles. The van der Waals surface area contributed by atoms with Gasteiger partial charge in [-0.2, -0.15) is 5.10 Å². The summed E-state index contributed by atoms with van der Waals surface area (Å²) in [6.45, 7) is 3.11. The predicted octanol–water partition coefficient (Wildman–Crippen LogP) is 4.17. The minimum Gasteiger partial charge on any atom is -0.268 e. The van der Waals surface area contributed by atoms with E-state index in [2.05, 4.69) is 5.10 Å². The number of rotatable bonds is 5. The van der Waals surface area contributed by atoms with Crippen molar-refractivity contribution < 1.29 is 24.4 Å². The summed E-state index contributed by atoms with van der Waals surface area (Å²) in [6, 6.07) is 9.67. The SMILES string of the molecule is Cc1nn(-c2ccc([N+](=O)[O-])cc2)c(C)c1N1C(=O)c2cc([N+](=O)[O-])cc3cc([N+](=O)[O-])cc(c23)C1=O. The van der Waals surface area contributed by atoms with E-state index in [4.69, 9.17) is 0 Å². The van der Waals surface area contributed by atoms with E-state index in [0.29, 0.717) is 11.4 Å². The van der Waals surface area contributed by atoms with E-state index >= 15 is 0 Å². The van der Waals surface area contributed by atoms with Gasteiger partial charge in [-0.05, 0) is 31.4 Å². The maximum Gasteiger partial charge on any atom is 0.270 e. The second-order valence-corrected chi connectivity index (χ2v) is 8.25. The number of imide groups is 1. The molecular weight excluding hydrogens is 488 g/mol. The minimum absolute atomic E-state index is 0.0183. The number of carbonyl (C=O) groups excluding carboxylic acids is 2. The Hall–Kier alpha value is -5.53. The summed E-state index contributed by atoms with van der Waals surface area (Å²) in [5.74, 6) is -1.70. The minimum atomic E-state index is -0.852. The fourth-order valence-electron chi connectivity index (χ4n) is 4.49. The van der Waals surface area contributed by atoms with Crippen LogP contribution in [0.5, 0.6) is 0 Å². The van der Waals surface area contributed by atoms with Gasteiger partial charge in [-0.3, -0.25) is 39.9 Å². The number of aromatic nitrogens is 2. The topological polar surface area (TPSA) is 185 Å². The van der Waals surface area contributed by atoms with Crippen LogP contribution in [0, 0.1) is 44.2 Å². The Bertz CT molecular complexity index is 1660. The maximum atomic E-state index is 13.6. The van der Waals surface area contributed by atoms with Gasteiger partial charge in [0.15, 0.2) is 0 Å². The number of nitrogens with zero attached hydrogens (tertiary/aromatic N) is 6. The lowest BCUT2D eigenvalue weighted by molar-refractivity contribution is -0.385. The molecule has 4 aromatic rings. The van der Waals surface area contributed by atoms with Gasteiger partial charge in [-0.15, -0.1) is 0 Å². The van der Waals surface area contributed by atoms with Crippen molar-refractivity contribution in [1.82, 2.24) is 9.78 Å². The summed E-state index contributed by atoms with van der Waals surface area (Å²) < 4.78 is 1.39. The fraction of sp³-hybridized carbons (Fsp3) is 0.0870. The number of benzene rings is 3. The first-order chi connectivity index (χ1) is 17.5. The van der Waals surface area contributed by atoms with Gasteiger partial charge in [0.25, 0.3) is 28.9 Å². The van der Waals surface area contributed by atoms with Gasteiger partial charge < -0.3 is 0 Å². The molecule has 3 aromatic carbocycles. The molecule has 1 aliphatic rings. The first-order valence-electron chi connectivity index (χ1n) is 10.6. The molecule has 0 fully saturated rings. The van der Waals surface area contributed by atoms with Crippen molar-refractivity contribution >= 4 is 45.3 Å². The monoisotopic (exact) mass is 502 g/mol. The molecule has 0 radical (unpaired) electrons. The van der Waals surface area contributed by atoms with E-state index in [0.717, 1.165) is 29.2 Å². The van der Waals surface area contributed by atoms with Crippen LogP contribution >= 0.6 is 0 Å². The number of hydrogen-bond acceptors (Lipinski definition) is 9. The van der Waals surface area contributed by atoms with Crippen LogP contribution in [0.1, 0.15) is 32.1 Å². The van der Waals surface area contributed by atoms with Gasteiger partial charge in [0.05, 0.1) is 48.7 Å². The van der Waals surface area contributed by atoms with Crippen molar-refractivity contribution in [3.05, 3.63) is 101 Å². The van der Waals surface area contributed by atoms with Crippen LogP contribution < -0.4 is 4.90 Å².